The third kappa shape index (κ3) is 5.88. The highest BCUT2D eigenvalue weighted by molar-refractivity contribution is 6.76. The van der Waals surface area contributed by atoms with E-state index in [1.807, 2.05) is 0 Å². The summed E-state index contributed by atoms with van der Waals surface area (Å²) in [4.78, 5) is 33.9. The summed E-state index contributed by atoms with van der Waals surface area (Å²) in [6.07, 6.45) is 0.345. The fourth-order valence-electron chi connectivity index (χ4n) is 5.45. The average Bonchev–Trinajstić information content (AvgIpc) is 3.42. The van der Waals surface area contributed by atoms with Crippen molar-refractivity contribution in [3.8, 4) is 17.0 Å². The number of aromatic nitrogens is 4. The third-order valence-corrected chi connectivity index (χ3v) is 9.60. The minimum absolute atomic E-state index is 0.0272. The Hall–Kier alpha value is -3.29. The molecule has 0 bridgehead atoms. The predicted octanol–water partition coefficient (Wildman–Crippen LogP) is 2.67. The van der Waals surface area contributed by atoms with Crippen molar-refractivity contribution in [3.63, 3.8) is 0 Å². The van der Waals surface area contributed by atoms with E-state index in [0.717, 1.165) is 6.04 Å². The topological polar surface area (TPSA) is 146 Å². The second kappa shape index (κ2) is 11.5. The number of likely N-dealkylation sites (tertiary alicyclic amines) is 1. The Labute approximate surface area is 238 Å². The molecular formula is C29H39N5O6Si. The maximum atomic E-state index is 13.9. The lowest BCUT2D eigenvalue weighted by Gasteiger charge is -2.20. The van der Waals surface area contributed by atoms with E-state index in [9.17, 15) is 24.9 Å². The molecule has 1 aliphatic rings. The van der Waals surface area contributed by atoms with Crippen LogP contribution in [0, 0.1) is 0 Å². The van der Waals surface area contributed by atoms with E-state index in [2.05, 4.69) is 41.5 Å². The molecule has 1 fully saturated rings. The molecule has 0 amide bonds. The number of aromatic hydroxyl groups is 1. The van der Waals surface area contributed by atoms with E-state index >= 15 is 0 Å². The monoisotopic (exact) mass is 581 g/mol. The Morgan fingerprint density at radius 1 is 1.12 bits per heavy atom. The lowest BCUT2D eigenvalue weighted by molar-refractivity contribution is 0.0878. The van der Waals surface area contributed by atoms with Crippen molar-refractivity contribution in [1.82, 2.24) is 24.2 Å². The molecule has 0 radical (unpaired) electrons. The summed E-state index contributed by atoms with van der Waals surface area (Å²) < 4.78 is 8.90. The zero-order valence-corrected chi connectivity index (χ0v) is 25.1. The summed E-state index contributed by atoms with van der Waals surface area (Å²) >= 11 is 0. The molecule has 0 aliphatic carbocycles. The maximum Gasteiger partial charge on any atom is 0.279 e. The molecule has 2 aromatic carbocycles. The third-order valence-electron chi connectivity index (χ3n) is 7.90. The van der Waals surface area contributed by atoms with Crippen molar-refractivity contribution in [2.24, 2.45) is 0 Å². The first-order valence-electron chi connectivity index (χ1n) is 14.1. The second-order valence-electron chi connectivity index (χ2n) is 12.2. The fourth-order valence-corrected chi connectivity index (χ4v) is 6.20. The van der Waals surface area contributed by atoms with Gasteiger partial charge >= 0.3 is 0 Å². The normalized spacial score (nSPS) is 18.2. The molecule has 0 saturated carbocycles. The number of H-pyrrole nitrogens is 1. The number of ether oxygens (including phenoxy) is 1. The number of fused-ring (bicyclic) bond motifs is 2. The number of para-hydroxylation sites is 1. The van der Waals surface area contributed by atoms with Gasteiger partial charge in [0.1, 0.15) is 23.7 Å². The van der Waals surface area contributed by atoms with Crippen molar-refractivity contribution in [2.45, 2.75) is 71.1 Å². The van der Waals surface area contributed by atoms with Crippen LogP contribution in [0.5, 0.6) is 5.75 Å². The van der Waals surface area contributed by atoms with Crippen LogP contribution in [0.1, 0.15) is 18.9 Å². The van der Waals surface area contributed by atoms with Crippen LogP contribution in [0.3, 0.4) is 0 Å². The molecule has 220 valence electrons. The van der Waals surface area contributed by atoms with Gasteiger partial charge < -0.3 is 20.1 Å². The van der Waals surface area contributed by atoms with Crippen molar-refractivity contribution in [1.29, 1.82) is 0 Å². The van der Waals surface area contributed by atoms with Crippen LogP contribution in [0.15, 0.2) is 39.9 Å². The number of aromatic amines is 1. The van der Waals surface area contributed by atoms with Crippen LogP contribution in [-0.2, 0) is 24.6 Å². The number of phenols is 1. The molecule has 41 heavy (non-hydrogen) atoms. The fraction of sp³-hybridized carbons (Fsp3) is 0.483. The molecule has 1 aliphatic heterocycles. The molecule has 2 atom stereocenters. The summed E-state index contributed by atoms with van der Waals surface area (Å²) in [5, 5.41) is 34.3. The smallest absolute Gasteiger partial charge is 0.279 e. The van der Waals surface area contributed by atoms with Crippen molar-refractivity contribution >= 4 is 30.0 Å². The van der Waals surface area contributed by atoms with E-state index in [0.29, 0.717) is 60.2 Å². The summed E-state index contributed by atoms with van der Waals surface area (Å²) in [7, 11) is -1.35. The van der Waals surface area contributed by atoms with Gasteiger partial charge in [-0.15, -0.1) is 0 Å². The van der Waals surface area contributed by atoms with E-state index in [1.165, 1.54) is 9.25 Å². The molecule has 12 heteroatoms. The largest absolute Gasteiger partial charge is 0.505 e. The standard InChI is InChI=1S/C29H39N5O6Si/c1-18-14-20(36)15-32(18)10-11-34-28(38)22-7-5-6-21(24(22)31-34)25-29(39)33(17-40-12-13-41(2,3)4)23-9-8-19(16-35)27(37)26(23)30-25/h5-9,18,20,31,35-37H,10-17H2,1-4H3/t18-,20-/m1/s1. The molecule has 5 rings (SSSR count). The molecule has 3 heterocycles. The Morgan fingerprint density at radius 2 is 1.90 bits per heavy atom. The van der Waals surface area contributed by atoms with Gasteiger partial charge in [0.25, 0.3) is 11.1 Å². The maximum absolute atomic E-state index is 13.9. The van der Waals surface area contributed by atoms with Crippen molar-refractivity contribution < 1.29 is 20.1 Å². The van der Waals surface area contributed by atoms with Gasteiger partial charge in [0, 0.05) is 44.9 Å². The van der Waals surface area contributed by atoms with E-state index < -0.39 is 13.6 Å². The van der Waals surface area contributed by atoms with Gasteiger partial charge in [-0.25, -0.2) is 4.98 Å². The highest BCUT2D eigenvalue weighted by Gasteiger charge is 2.27. The summed E-state index contributed by atoms with van der Waals surface area (Å²) in [5.74, 6) is -0.206. The van der Waals surface area contributed by atoms with Gasteiger partial charge in [-0.3, -0.25) is 28.8 Å². The van der Waals surface area contributed by atoms with Gasteiger partial charge in [0.05, 0.1) is 35.7 Å². The SMILES string of the molecule is C[C@@H]1C[C@@H](O)CN1CCn1[nH]c2c(-c3nc4c(O)c(CO)ccc4n(COCC[Si](C)(C)C)c3=O)cccc2c1=O. The van der Waals surface area contributed by atoms with Crippen molar-refractivity contribution in [2.75, 3.05) is 19.7 Å². The summed E-state index contributed by atoms with van der Waals surface area (Å²) in [6, 6.07) is 9.51. The number of β-amino-alcohol motifs (C(OH)–C–C–N with tert-alkyl or cyclic N) is 1. The minimum Gasteiger partial charge on any atom is -0.505 e. The Bertz CT molecular complexity index is 1690. The number of rotatable bonds is 10. The van der Waals surface area contributed by atoms with Gasteiger partial charge in [0.2, 0.25) is 0 Å². The number of nitrogens with one attached hydrogen (secondary N) is 1. The number of hydrogen-bond acceptors (Lipinski definition) is 8. The van der Waals surface area contributed by atoms with E-state index in [-0.39, 0.29) is 48.0 Å². The molecule has 0 unspecified atom stereocenters. The van der Waals surface area contributed by atoms with Crippen LogP contribution in [-0.4, -0.2) is 79.5 Å². The van der Waals surface area contributed by atoms with Crippen molar-refractivity contribution in [3.05, 3.63) is 56.6 Å². The first-order chi connectivity index (χ1) is 19.5. The number of hydrogen-bond donors (Lipinski definition) is 4. The first-order valence-corrected chi connectivity index (χ1v) is 17.8. The van der Waals surface area contributed by atoms with Crippen LogP contribution < -0.4 is 11.1 Å². The zero-order valence-electron chi connectivity index (χ0n) is 24.1. The summed E-state index contributed by atoms with van der Waals surface area (Å²) in [6.45, 7) is 10.5. The lowest BCUT2D eigenvalue weighted by Crippen LogP contribution is -2.33. The van der Waals surface area contributed by atoms with Gasteiger partial charge in [-0.05, 0) is 31.5 Å². The predicted molar refractivity (Wildman–Crippen MR) is 161 cm³/mol. The van der Waals surface area contributed by atoms with Crippen LogP contribution in [0.4, 0.5) is 0 Å². The average molecular weight is 582 g/mol. The van der Waals surface area contributed by atoms with Gasteiger partial charge in [-0.2, -0.15) is 0 Å². The molecular weight excluding hydrogens is 542 g/mol. The molecule has 1 saturated heterocycles. The molecule has 11 nitrogen and oxygen atoms in total. The highest BCUT2D eigenvalue weighted by Crippen LogP contribution is 2.30. The number of aliphatic hydroxyl groups is 2. The van der Waals surface area contributed by atoms with E-state index in [1.54, 1.807) is 30.3 Å². The minimum atomic E-state index is -1.35. The highest BCUT2D eigenvalue weighted by atomic mass is 28.3. The summed E-state index contributed by atoms with van der Waals surface area (Å²) in [5.41, 5.74) is 1.19. The first kappa shape index (κ1) is 29.2. The Morgan fingerprint density at radius 3 is 2.59 bits per heavy atom. The lowest BCUT2D eigenvalue weighted by atomic mass is 10.1. The second-order valence-corrected chi connectivity index (χ2v) is 17.8. The number of benzene rings is 2. The molecule has 4 aromatic rings. The number of nitrogens with zero attached hydrogens (tertiary/aromatic N) is 4. The quantitative estimate of drug-likeness (QED) is 0.165. The molecule has 4 N–H and O–H groups in total. The van der Waals surface area contributed by atoms with Gasteiger partial charge in [-0.1, -0.05) is 37.8 Å². The van der Waals surface area contributed by atoms with Crippen LogP contribution in [0.2, 0.25) is 25.7 Å². The number of aliphatic hydroxyl groups excluding tert-OH is 2. The Kier molecular flexibility index (Phi) is 8.21. The molecule has 0 spiro atoms. The molecule has 2 aromatic heterocycles. The van der Waals surface area contributed by atoms with E-state index in [4.69, 9.17) is 4.74 Å². The zero-order chi connectivity index (χ0) is 29.5. The van der Waals surface area contributed by atoms with Crippen LogP contribution in [0.25, 0.3) is 33.2 Å². The van der Waals surface area contributed by atoms with Crippen LogP contribution >= 0.6 is 0 Å². The van der Waals surface area contributed by atoms with Gasteiger partial charge in [0.15, 0.2) is 0 Å². The Balaban J connectivity index is 1.58.